The van der Waals surface area contributed by atoms with E-state index in [1.54, 1.807) is 36.4 Å². The van der Waals surface area contributed by atoms with Crippen LogP contribution in [0.2, 0.25) is 5.02 Å². The molecule has 0 saturated carbocycles. The van der Waals surface area contributed by atoms with Crippen LogP contribution in [0.15, 0.2) is 71.6 Å². The summed E-state index contributed by atoms with van der Waals surface area (Å²) in [6.07, 6.45) is 0. The number of halogens is 1. The van der Waals surface area contributed by atoms with Crippen molar-refractivity contribution >= 4 is 38.9 Å². The Morgan fingerprint density at radius 1 is 0.968 bits per heavy atom. The zero-order valence-corrected chi connectivity index (χ0v) is 18.5. The molecule has 0 aliphatic carbocycles. The number of nitrogens with one attached hydrogen (secondary N) is 2. The third-order valence-electron chi connectivity index (χ3n) is 4.29. The first kappa shape index (κ1) is 22.5. The molecule has 0 heterocycles. The predicted molar refractivity (Wildman–Crippen MR) is 121 cm³/mol. The number of benzene rings is 3. The summed E-state index contributed by atoms with van der Waals surface area (Å²) in [4.78, 5) is 12.2. The molecule has 0 bridgehead atoms. The number of sulfonamides is 1. The summed E-state index contributed by atoms with van der Waals surface area (Å²) in [6.45, 7) is 1.66. The smallest absolute Gasteiger partial charge is 0.265 e. The van der Waals surface area contributed by atoms with Gasteiger partial charge in [0.1, 0.15) is 16.4 Å². The van der Waals surface area contributed by atoms with Crippen LogP contribution in [0.5, 0.6) is 11.5 Å². The molecule has 0 aromatic heterocycles. The fourth-order valence-corrected chi connectivity index (χ4v) is 4.13. The molecule has 31 heavy (non-hydrogen) atoms. The summed E-state index contributed by atoms with van der Waals surface area (Å²) < 4.78 is 39.0. The van der Waals surface area contributed by atoms with Gasteiger partial charge >= 0.3 is 0 Å². The number of methoxy groups -OCH3 is 1. The molecule has 0 unspecified atom stereocenters. The lowest BCUT2D eigenvalue weighted by atomic mass is 10.2. The molecule has 0 radical (unpaired) electrons. The lowest BCUT2D eigenvalue weighted by Crippen LogP contribution is -2.21. The molecule has 0 aliphatic heterocycles. The van der Waals surface area contributed by atoms with E-state index in [-0.39, 0.29) is 22.9 Å². The highest BCUT2D eigenvalue weighted by atomic mass is 35.5. The van der Waals surface area contributed by atoms with E-state index in [1.165, 1.54) is 19.2 Å². The fraction of sp³-hybridized carbons (Fsp3) is 0.136. The van der Waals surface area contributed by atoms with Gasteiger partial charge < -0.3 is 14.8 Å². The molecule has 0 spiro atoms. The second-order valence-electron chi connectivity index (χ2n) is 6.58. The summed E-state index contributed by atoms with van der Waals surface area (Å²) in [5, 5.41) is 3.12. The number of anilines is 2. The van der Waals surface area contributed by atoms with Crippen LogP contribution in [-0.4, -0.2) is 28.0 Å². The maximum Gasteiger partial charge on any atom is 0.265 e. The Balaban J connectivity index is 1.75. The molecule has 3 aromatic carbocycles. The zero-order chi connectivity index (χ0) is 22.4. The van der Waals surface area contributed by atoms with Gasteiger partial charge in [0.15, 0.2) is 6.61 Å². The molecule has 0 fully saturated rings. The third kappa shape index (κ3) is 5.90. The minimum Gasteiger partial charge on any atom is -0.495 e. The molecule has 2 N–H and O–H groups in total. The number of para-hydroxylation sites is 1. The van der Waals surface area contributed by atoms with Crippen molar-refractivity contribution in [1.82, 2.24) is 0 Å². The number of carbonyl (C=O) groups is 1. The SMILES string of the molecule is COc1ccc(NC(=O)COc2ccccc2C)cc1S(=O)(=O)Nc1ccc(Cl)cc1. The molecule has 9 heteroatoms. The van der Waals surface area contributed by atoms with Gasteiger partial charge in [0.25, 0.3) is 15.9 Å². The predicted octanol–water partition coefficient (Wildman–Crippen LogP) is 4.48. The third-order valence-corrected chi connectivity index (χ3v) is 5.94. The van der Waals surface area contributed by atoms with E-state index in [9.17, 15) is 13.2 Å². The van der Waals surface area contributed by atoms with Crippen LogP contribution in [0.25, 0.3) is 0 Å². The van der Waals surface area contributed by atoms with Gasteiger partial charge in [-0.1, -0.05) is 29.8 Å². The minimum absolute atomic E-state index is 0.123. The monoisotopic (exact) mass is 460 g/mol. The summed E-state index contributed by atoms with van der Waals surface area (Å²) in [5.74, 6) is 0.306. The summed E-state index contributed by atoms with van der Waals surface area (Å²) in [7, 11) is -2.62. The normalized spacial score (nSPS) is 10.9. The van der Waals surface area contributed by atoms with Gasteiger partial charge in [0.05, 0.1) is 7.11 Å². The largest absolute Gasteiger partial charge is 0.495 e. The number of hydrogen-bond donors (Lipinski definition) is 2. The molecular weight excluding hydrogens is 440 g/mol. The van der Waals surface area contributed by atoms with Crippen LogP contribution in [0, 0.1) is 6.92 Å². The molecule has 1 amide bonds. The van der Waals surface area contributed by atoms with Gasteiger partial charge in [-0.15, -0.1) is 0 Å². The Hall–Kier alpha value is -3.23. The number of carbonyl (C=O) groups excluding carboxylic acids is 1. The molecule has 3 aromatic rings. The van der Waals surface area contributed by atoms with Gasteiger partial charge in [-0.25, -0.2) is 8.42 Å². The van der Waals surface area contributed by atoms with Crippen LogP contribution < -0.4 is 19.5 Å². The van der Waals surface area contributed by atoms with E-state index in [0.717, 1.165) is 5.56 Å². The fourth-order valence-electron chi connectivity index (χ4n) is 2.75. The van der Waals surface area contributed by atoms with Crippen molar-refractivity contribution in [2.45, 2.75) is 11.8 Å². The zero-order valence-electron chi connectivity index (χ0n) is 16.9. The van der Waals surface area contributed by atoms with E-state index >= 15 is 0 Å². The maximum absolute atomic E-state index is 12.9. The quantitative estimate of drug-likeness (QED) is 0.517. The summed E-state index contributed by atoms with van der Waals surface area (Å²) in [5.41, 5.74) is 1.53. The molecule has 3 rings (SSSR count). The van der Waals surface area contributed by atoms with Gasteiger partial charge in [-0.3, -0.25) is 9.52 Å². The highest BCUT2D eigenvalue weighted by Crippen LogP contribution is 2.29. The highest BCUT2D eigenvalue weighted by Gasteiger charge is 2.21. The first-order valence-corrected chi connectivity index (χ1v) is 11.1. The molecular formula is C22H21ClN2O5S. The lowest BCUT2D eigenvalue weighted by Gasteiger charge is -2.14. The van der Waals surface area contributed by atoms with E-state index in [2.05, 4.69) is 10.0 Å². The lowest BCUT2D eigenvalue weighted by molar-refractivity contribution is -0.118. The van der Waals surface area contributed by atoms with Crippen molar-refractivity contribution in [3.8, 4) is 11.5 Å². The summed E-state index contributed by atoms with van der Waals surface area (Å²) in [6, 6.07) is 17.9. The van der Waals surface area contributed by atoms with Crippen LogP contribution in [0.3, 0.4) is 0 Å². The second kappa shape index (κ2) is 9.72. The average molecular weight is 461 g/mol. The van der Waals surface area contributed by atoms with E-state index < -0.39 is 15.9 Å². The maximum atomic E-state index is 12.9. The Morgan fingerprint density at radius 3 is 2.32 bits per heavy atom. The van der Waals surface area contributed by atoms with Crippen molar-refractivity contribution in [3.05, 3.63) is 77.3 Å². The Kier molecular flexibility index (Phi) is 7.04. The first-order valence-electron chi connectivity index (χ1n) is 9.23. The first-order chi connectivity index (χ1) is 14.8. The van der Waals surface area contributed by atoms with Crippen LogP contribution in [0.1, 0.15) is 5.56 Å². The van der Waals surface area contributed by atoms with E-state index in [1.807, 2.05) is 25.1 Å². The van der Waals surface area contributed by atoms with Gasteiger partial charge in [-0.05, 0) is 61.0 Å². The number of hydrogen-bond acceptors (Lipinski definition) is 5. The Morgan fingerprint density at radius 2 is 1.65 bits per heavy atom. The number of rotatable bonds is 8. The standard InChI is InChI=1S/C22H21ClN2O5S/c1-15-5-3-4-6-19(15)30-14-22(26)24-18-11-12-20(29-2)21(13-18)31(27,28)25-17-9-7-16(23)8-10-17/h3-13,25H,14H2,1-2H3,(H,24,26). The van der Waals surface area contributed by atoms with Gasteiger partial charge in [0.2, 0.25) is 0 Å². The highest BCUT2D eigenvalue weighted by molar-refractivity contribution is 7.92. The molecule has 0 aliphatic rings. The van der Waals surface area contributed by atoms with E-state index in [0.29, 0.717) is 16.5 Å². The van der Waals surface area contributed by atoms with Crippen molar-refractivity contribution < 1.29 is 22.7 Å². The van der Waals surface area contributed by atoms with Crippen LogP contribution in [0.4, 0.5) is 11.4 Å². The average Bonchev–Trinajstić information content (AvgIpc) is 2.74. The summed E-state index contributed by atoms with van der Waals surface area (Å²) >= 11 is 5.84. The Labute approximate surface area is 186 Å². The molecule has 0 saturated heterocycles. The molecule has 7 nitrogen and oxygen atoms in total. The number of ether oxygens (including phenoxy) is 2. The second-order valence-corrected chi connectivity index (χ2v) is 8.67. The molecule has 0 atom stereocenters. The molecule has 162 valence electrons. The van der Waals surface area contributed by atoms with Gasteiger partial charge in [-0.2, -0.15) is 0 Å². The van der Waals surface area contributed by atoms with Crippen molar-refractivity contribution in [2.24, 2.45) is 0 Å². The van der Waals surface area contributed by atoms with Crippen molar-refractivity contribution in [1.29, 1.82) is 0 Å². The van der Waals surface area contributed by atoms with Gasteiger partial charge in [0, 0.05) is 16.4 Å². The van der Waals surface area contributed by atoms with Crippen LogP contribution >= 0.6 is 11.6 Å². The Bertz CT molecular complexity index is 1180. The minimum atomic E-state index is -3.99. The number of amides is 1. The number of aryl methyl sites for hydroxylation is 1. The van der Waals surface area contributed by atoms with Crippen molar-refractivity contribution in [3.63, 3.8) is 0 Å². The van der Waals surface area contributed by atoms with E-state index in [4.69, 9.17) is 21.1 Å². The topological polar surface area (TPSA) is 93.7 Å². The van der Waals surface area contributed by atoms with Crippen LogP contribution in [-0.2, 0) is 14.8 Å². The van der Waals surface area contributed by atoms with Crippen molar-refractivity contribution in [2.75, 3.05) is 23.8 Å².